The fourth-order valence-electron chi connectivity index (χ4n) is 3.62. The number of pyridine rings is 2. The van der Waals surface area contributed by atoms with Gasteiger partial charge in [-0.3, -0.25) is 9.67 Å². The third-order valence-electron chi connectivity index (χ3n) is 5.67. The van der Waals surface area contributed by atoms with Gasteiger partial charge in [0.1, 0.15) is 18.6 Å². The Hall–Kier alpha value is -4.48. The second kappa shape index (κ2) is 8.46. The fraction of sp³-hybridized carbons (Fsp3) is 0.273. The van der Waals surface area contributed by atoms with Crippen molar-refractivity contribution in [3.05, 3.63) is 66.0 Å². The molecule has 0 N–H and O–H groups in total. The van der Waals surface area contributed by atoms with E-state index in [1.54, 1.807) is 28.1 Å². The molecular weight excluding hydrogens is 436 g/mol. The minimum atomic E-state index is 0.267. The number of hydrogen-bond acceptors (Lipinski definition) is 10. The summed E-state index contributed by atoms with van der Waals surface area (Å²) in [5.41, 5.74) is 4.31. The Bertz CT molecular complexity index is 1390. The SMILES string of the molecule is Cn1ncc(-c2nc(-c3ccc(Cn4cnnn4)cn3)no2)c1COc1ccc(C2CC2)cn1. The third kappa shape index (κ3) is 4.12. The molecule has 1 aliphatic carbocycles. The standard InChI is InChI=1S/C22H20N10O2/c1-31-19(12-33-20-7-5-16(9-24-20)15-3-4-15)17(10-26-31)22-27-21(28-34-22)18-6-2-14(8-23-18)11-32-13-25-29-30-32/h2,5-10,13,15H,3-4,11-12H2,1H3. The summed E-state index contributed by atoms with van der Waals surface area (Å²) < 4.78 is 14.8. The van der Waals surface area contributed by atoms with Crippen LogP contribution in [-0.4, -0.2) is 50.1 Å². The number of hydrogen-bond donors (Lipinski definition) is 0. The van der Waals surface area contributed by atoms with Gasteiger partial charge in [-0.05, 0) is 46.4 Å². The molecule has 0 bridgehead atoms. The maximum Gasteiger partial charge on any atom is 0.261 e. The van der Waals surface area contributed by atoms with Crippen molar-refractivity contribution in [2.45, 2.75) is 31.9 Å². The Labute approximate surface area is 193 Å². The lowest BCUT2D eigenvalue weighted by atomic mass is 10.2. The molecule has 5 aromatic rings. The van der Waals surface area contributed by atoms with Gasteiger partial charge in [-0.2, -0.15) is 10.1 Å². The Morgan fingerprint density at radius 3 is 2.76 bits per heavy atom. The first kappa shape index (κ1) is 20.1. The number of aryl methyl sites for hydroxylation is 1. The Morgan fingerprint density at radius 1 is 1.09 bits per heavy atom. The Balaban J connectivity index is 1.16. The fourth-order valence-corrected chi connectivity index (χ4v) is 3.62. The smallest absolute Gasteiger partial charge is 0.261 e. The quantitative estimate of drug-likeness (QED) is 0.342. The molecule has 34 heavy (non-hydrogen) atoms. The van der Waals surface area contributed by atoms with Crippen molar-refractivity contribution in [2.24, 2.45) is 7.05 Å². The molecule has 0 saturated heterocycles. The highest BCUT2D eigenvalue weighted by atomic mass is 16.5. The largest absolute Gasteiger partial charge is 0.471 e. The van der Waals surface area contributed by atoms with Gasteiger partial charge in [0, 0.05) is 25.5 Å². The Morgan fingerprint density at radius 2 is 2.03 bits per heavy atom. The first-order valence-corrected chi connectivity index (χ1v) is 10.8. The van der Waals surface area contributed by atoms with Crippen LogP contribution in [0, 0.1) is 0 Å². The van der Waals surface area contributed by atoms with E-state index in [1.807, 2.05) is 31.4 Å². The second-order valence-corrected chi connectivity index (χ2v) is 8.10. The topological polar surface area (TPSA) is 135 Å². The van der Waals surface area contributed by atoms with E-state index < -0.39 is 0 Å². The van der Waals surface area contributed by atoms with Crippen molar-refractivity contribution in [1.82, 2.24) is 50.1 Å². The van der Waals surface area contributed by atoms with Gasteiger partial charge in [0.15, 0.2) is 0 Å². The summed E-state index contributed by atoms with van der Waals surface area (Å²) in [5.74, 6) is 1.96. The van der Waals surface area contributed by atoms with E-state index in [0.717, 1.165) is 11.3 Å². The van der Waals surface area contributed by atoms with E-state index in [4.69, 9.17) is 9.26 Å². The molecule has 0 radical (unpaired) electrons. The predicted molar refractivity (Wildman–Crippen MR) is 117 cm³/mol. The second-order valence-electron chi connectivity index (χ2n) is 8.10. The average molecular weight is 456 g/mol. The van der Waals surface area contributed by atoms with Crippen molar-refractivity contribution in [2.75, 3.05) is 0 Å². The van der Waals surface area contributed by atoms with E-state index in [9.17, 15) is 0 Å². The molecule has 0 amide bonds. The summed E-state index contributed by atoms with van der Waals surface area (Å²) in [6, 6.07) is 7.74. The first-order valence-electron chi connectivity index (χ1n) is 10.8. The van der Waals surface area contributed by atoms with Crippen LogP contribution in [0.2, 0.25) is 0 Å². The van der Waals surface area contributed by atoms with Crippen molar-refractivity contribution in [3.8, 4) is 28.9 Å². The van der Waals surface area contributed by atoms with Crippen LogP contribution in [0.25, 0.3) is 23.0 Å². The summed E-state index contributed by atoms with van der Waals surface area (Å²) in [6.07, 6.45) is 9.34. The molecule has 0 atom stereocenters. The number of aromatic nitrogens is 10. The van der Waals surface area contributed by atoms with E-state index in [1.165, 1.54) is 18.4 Å². The van der Waals surface area contributed by atoms with E-state index in [2.05, 4.69) is 46.8 Å². The van der Waals surface area contributed by atoms with Gasteiger partial charge in [0.05, 0.1) is 24.0 Å². The van der Waals surface area contributed by atoms with Crippen molar-refractivity contribution < 1.29 is 9.26 Å². The molecule has 6 rings (SSSR count). The van der Waals surface area contributed by atoms with Crippen LogP contribution in [0.3, 0.4) is 0 Å². The summed E-state index contributed by atoms with van der Waals surface area (Å²) in [5, 5.41) is 19.5. The predicted octanol–water partition coefficient (Wildman–Crippen LogP) is 2.42. The monoisotopic (exact) mass is 456 g/mol. The average Bonchev–Trinajstić information content (AvgIpc) is 3.21. The highest BCUT2D eigenvalue weighted by Gasteiger charge is 2.24. The number of nitrogens with zero attached hydrogens (tertiary/aromatic N) is 10. The summed E-state index contributed by atoms with van der Waals surface area (Å²) in [4.78, 5) is 13.4. The zero-order chi connectivity index (χ0) is 22.9. The van der Waals surface area contributed by atoms with Gasteiger partial charge < -0.3 is 9.26 Å². The van der Waals surface area contributed by atoms with Gasteiger partial charge in [-0.25, -0.2) is 9.67 Å². The molecule has 0 unspecified atom stereocenters. The van der Waals surface area contributed by atoms with Gasteiger partial charge in [0.2, 0.25) is 11.7 Å². The van der Waals surface area contributed by atoms with Crippen LogP contribution in [-0.2, 0) is 20.2 Å². The van der Waals surface area contributed by atoms with Gasteiger partial charge in [0.25, 0.3) is 5.89 Å². The summed E-state index contributed by atoms with van der Waals surface area (Å²) in [7, 11) is 1.84. The van der Waals surface area contributed by atoms with Gasteiger partial charge in [-0.1, -0.05) is 17.3 Å². The number of tetrazole rings is 1. The van der Waals surface area contributed by atoms with Crippen LogP contribution >= 0.6 is 0 Å². The van der Waals surface area contributed by atoms with Crippen molar-refractivity contribution in [3.63, 3.8) is 0 Å². The minimum Gasteiger partial charge on any atom is -0.471 e. The maximum absolute atomic E-state index is 5.91. The highest BCUT2D eigenvalue weighted by Crippen LogP contribution is 2.39. The van der Waals surface area contributed by atoms with Crippen LogP contribution in [0.15, 0.2) is 53.7 Å². The highest BCUT2D eigenvalue weighted by molar-refractivity contribution is 5.59. The Kier molecular flexibility index (Phi) is 5.02. The van der Waals surface area contributed by atoms with Gasteiger partial charge >= 0.3 is 0 Å². The molecule has 1 saturated carbocycles. The lowest BCUT2D eigenvalue weighted by Gasteiger charge is -2.07. The molecule has 1 aliphatic rings. The number of ether oxygens (including phenoxy) is 1. The molecule has 1 fully saturated rings. The van der Waals surface area contributed by atoms with Gasteiger partial charge in [-0.15, -0.1) is 5.10 Å². The third-order valence-corrected chi connectivity index (χ3v) is 5.67. The molecule has 5 aromatic heterocycles. The lowest BCUT2D eigenvalue weighted by molar-refractivity contribution is 0.283. The van der Waals surface area contributed by atoms with Crippen LogP contribution < -0.4 is 4.74 Å². The molecule has 12 heteroatoms. The van der Waals surface area contributed by atoms with Crippen molar-refractivity contribution in [1.29, 1.82) is 0 Å². The molecule has 12 nitrogen and oxygen atoms in total. The summed E-state index contributed by atoms with van der Waals surface area (Å²) in [6.45, 7) is 0.790. The normalized spacial score (nSPS) is 13.3. The van der Waals surface area contributed by atoms with Crippen LogP contribution in [0.1, 0.15) is 35.6 Å². The minimum absolute atomic E-state index is 0.267. The molecule has 170 valence electrons. The van der Waals surface area contributed by atoms with E-state index in [-0.39, 0.29) is 6.61 Å². The molecule has 0 aliphatic heterocycles. The van der Waals surface area contributed by atoms with Crippen LogP contribution in [0.5, 0.6) is 5.88 Å². The lowest BCUT2D eigenvalue weighted by Crippen LogP contribution is -2.05. The van der Waals surface area contributed by atoms with Crippen molar-refractivity contribution >= 4 is 0 Å². The summed E-state index contributed by atoms with van der Waals surface area (Å²) >= 11 is 0. The zero-order valence-electron chi connectivity index (χ0n) is 18.3. The maximum atomic E-state index is 5.91. The zero-order valence-corrected chi connectivity index (χ0v) is 18.3. The molecule has 0 aromatic carbocycles. The molecule has 5 heterocycles. The molecular formula is C22H20N10O2. The van der Waals surface area contributed by atoms with Crippen LogP contribution in [0.4, 0.5) is 0 Å². The molecule has 0 spiro atoms. The van der Waals surface area contributed by atoms with E-state index >= 15 is 0 Å². The first-order chi connectivity index (χ1) is 16.7. The number of rotatable bonds is 8. The van der Waals surface area contributed by atoms with E-state index in [0.29, 0.717) is 41.3 Å².